The normalized spacial score (nSPS) is 23.0. The highest BCUT2D eigenvalue weighted by Gasteiger charge is 2.38. The second-order valence-corrected chi connectivity index (χ2v) is 7.28. The Bertz CT molecular complexity index is 654. The molecule has 2 heterocycles. The summed E-state index contributed by atoms with van der Waals surface area (Å²) in [6.45, 7) is 0.316. The Morgan fingerprint density at radius 3 is 2.86 bits per heavy atom. The molecule has 1 aromatic rings. The number of nitrogens with one attached hydrogen (secondary N) is 1. The van der Waals surface area contributed by atoms with Gasteiger partial charge < -0.3 is 9.63 Å². The lowest BCUT2D eigenvalue weighted by Crippen LogP contribution is -2.46. The maximum absolute atomic E-state index is 12.1. The van der Waals surface area contributed by atoms with Gasteiger partial charge in [-0.15, -0.1) is 0 Å². The SMILES string of the molecule is O=C(O)[C@@H]1CCCN1S(=O)(=O)NCCc1nc(C2CC2)no1. The van der Waals surface area contributed by atoms with Gasteiger partial charge >= 0.3 is 5.97 Å². The van der Waals surface area contributed by atoms with Crippen LogP contribution >= 0.6 is 0 Å². The molecule has 1 saturated carbocycles. The van der Waals surface area contributed by atoms with Gasteiger partial charge in [0.2, 0.25) is 5.89 Å². The molecule has 2 fully saturated rings. The maximum atomic E-state index is 12.1. The highest BCUT2D eigenvalue weighted by molar-refractivity contribution is 7.87. The van der Waals surface area contributed by atoms with Gasteiger partial charge in [-0.05, 0) is 25.7 Å². The molecular formula is C12H18N4O5S. The number of hydrogen-bond donors (Lipinski definition) is 2. The molecule has 0 unspecified atom stereocenters. The highest BCUT2D eigenvalue weighted by atomic mass is 32.2. The summed E-state index contributed by atoms with van der Waals surface area (Å²) >= 11 is 0. The fraction of sp³-hybridized carbons (Fsp3) is 0.750. The fourth-order valence-electron chi connectivity index (χ4n) is 2.52. The first-order valence-electron chi connectivity index (χ1n) is 7.29. The van der Waals surface area contributed by atoms with E-state index in [4.69, 9.17) is 9.63 Å². The first-order chi connectivity index (χ1) is 10.5. The molecule has 9 nitrogen and oxygen atoms in total. The van der Waals surface area contributed by atoms with E-state index >= 15 is 0 Å². The lowest BCUT2D eigenvalue weighted by molar-refractivity contribution is -0.140. The summed E-state index contributed by atoms with van der Waals surface area (Å²) in [4.78, 5) is 15.3. The van der Waals surface area contributed by atoms with E-state index in [2.05, 4.69) is 14.9 Å². The van der Waals surface area contributed by atoms with Gasteiger partial charge in [0.25, 0.3) is 10.2 Å². The Hall–Kier alpha value is -1.52. The van der Waals surface area contributed by atoms with Gasteiger partial charge in [0.1, 0.15) is 6.04 Å². The molecule has 0 spiro atoms. The zero-order valence-corrected chi connectivity index (χ0v) is 12.8. The standard InChI is InChI=1S/C12H18N4O5S/c17-12(18)9-2-1-7-16(9)22(19,20)13-6-5-10-14-11(15-21-10)8-3-4-8/h8-9,13H,1-7H2,(H,17,18)/t9-/m0/s1. The van der Waals surface area contributed by atoms with Gasteiger partial charge in [-0.2, -0.15) is 17.7 Å². The molecule has 22 heavy (non-hydrogen) atoms. The number of carboxylic acids is 1. The Morgan fingerprint density at radius 1 is 1.41 bits per heavy atom. The van der Waals surface area contributed by atoms with Crippen molar-refractivity contribution in [1.82, 2.24) is 19.2 Å². The van der Waals surface area contributed by atoms with Crippen LogP contribution in [0.1, 0.15) is 43.3 Å². The van der Waals surface area contributed by atoms with Gasteiger partial charge in [0.15, 0.2) is 5.82 Å². The van der Waals surface area contributed by atoms with Crippen molar-refractivity contribution >= 4 is 16.2 Å². The van der Waals surface area contributed by atoms with E-state index in [1.54, 1.807) is 0 Å². The van der Waals surface area contributed by atoms with Crippen LogP contribution in [0.25, 0.3) is 0 Å². The number of carboxylic acid groups (broad SMARTS) is 1. The van der Waals surface area contributed by atoms with Crippen molar-refractivity contribution in [1.29, 1.82) is 0 Å². The molecular weight excluding hydrogens is 312 g/mol. The van der Waals surface area contributed by atoms with Crippen molar-refractivity contribution in [3.05, 3.63) is 11.7 Å². The fourth-order valence-corrected chi connectivity index (χ4v) is 3.95. The van der Waals surface area contributed by atoms with Crippen LogP contribution in [0, 0.1) is 0 Å². The predicted octanol–water partition coefficient (Wildman–Crippen LogP) is -0.127. The molecule has 3 rings (SSSR count). The average Bonchev–Trinajstić information content (AvgIpc) is 3.01. The second-order valence-electron chi connectivity index (χ2n) is 5.58. The van der Waals surface area contributed by atoms with E-state index < -0.39 is 22.2 Å². The number of nitrogens with zero attached hydrogens (tertiary/aromatic N) is 3. The summed E-state index contributed by atoms with van der Waals surface area (Å²) in [6.07, 6.45) is 3.30. The first-order valence-corrected chi connectivity index (χ1v) is 8.73. The lowest BCUT2D eigenvalue weighted by atomic mass is 10.2. The Balaban J connectivity index is 1.54. The monoisotopic (exact) mass is 330 g/mol. The van der Waals surface area contributed by atoms with Crippen molar-refractivity contribution in [3.63, 3.8) is 0 Å². The minimum Gasteiger partial charge on any atom is -0.480 e. The van der Waals surface area contributed by atoms with Gasteiger partial charge in [0, 0.05) is 25.4 Å². The van der Waals surface area contributed by atoms with Gasteiger partial charge in [-0.3, -0.25) is 4.79 Å². The summed E-state index contributed by atoms with van der Waals surface area (Å²) in [6, 6.07) is -0.984. The summed E-state index contributed by atoms with van der Waals surface area (Å²) in [7, 11) is -3.81. The molecule has 122 valence electrons. The minimum absolute atomic E-state index is 0.0947. The van der Waals surface area contributed by atoms with E-state index in [9.17, 15) is 13.2 Å². The predicted molar refractivity (Wildman–Crippen MR) is 74.3 cm³/mol. The van der Waals surface area contributed by atoms with Crippen molar-refractivity contribution in [2.24, 2.45) is 0 Å². The molecule has 2 N–H and O–H groups in total. The number of aliphatic carboxylic acids is 1. The smallest absolute Gasteiger partial charge is 0.322 e. The summed E-state index contributed by atoms with van der Waals surface area (Å²) < 4.78 is 32.7. The van der Waals surface area contributed by atoms with Crippen molar-refractivity contribution < 1.29 is 22.8 Å². The van der Waals surface area contributed by atoms with Gasteiger partial charge in [-0.25, -0.2) is 4.72 Å². The quantitative estimate of drug-likeness (QED) is 0.713. The second kappa shape index (κ2) is 5.94. The van der Waals surface area contributed by atoms with Crippen LogP contribution in [0.3, 0.4) is 0 Å². The van der Waals surface area contributed by atoms with Crippen LogP contribution < -0.4 is 4.72 Å². The molecule has 10 heteroatoms. The zero-order valence-electron chi connectivity index (χ0n) is 11.9. The molecule has 1 aromatic heterocycles. The van der Waals surface area contributed by atoms with Crippen LogP contribution in [0.5, 0.6) is 0 Å². The van der Waals surface area contributed by atoms with Crippen LogP contribution in [0.4, 0.5) is 0 Å². The van der Waals surface area contributed by atoms with E-state index in [1.165, 1.54) is 0 Å². The minimum atomic E-state index is -3.81. The van der Waals surface area contributed by atoms with Crippen LogP contribution in [0.15, 0.2) is 4.52 Å². The number of rotatable bonds is 7. The van der Waals surface area contributed by atoms with Crippen molar-refractivity contribution in [3.8, 4) is 0 Å². The number of aromatic nitrogens is 2. The summed E-state index contributed by atoms with van der Waals surface area (Å²) in [5, 5.41) is 12.9. The molecule has 0 amide bonds. The third-order valence-corrected chi connectivity index (χ3v) is 5.47. The van der Waals surface area contributed by atoms with E-state index in [1.807, 2.05) is 0 Å². The molecule has 1 atom stereocenters. The Labute approximate surface area is 127 Å². The van der Waals surface area contributed by atoms with Crippen LogP contribution in [0.2, 0.25) is 0 Å². The zero-order chi connectivity index (χ0) is 15.7. The van der Waals surface area contributed by atoms with E-state index in [0.717, 1.165) is 17.1 Å². The summed E-state index contributed by atoms with van der Waals surface area (Å²) in [5.74, 6) is 0.341. The highest BCUT2D eigenvalue weighted by Crippen LogP contribution is 2.38. The maximum Gasteiger partial charge on any atom is 0.322 e. The lowest BCUT2D eigenvalue weighted by Gasteiger charge is -2.20. The van der Waals surface area contributed by atoms with Crippen LogP contribution in [-0.4, -0.2) is 53.1 Å². The first kappa shape index (κ1) is 15.4. The molecule has 1 saturated heterocycles. The molecule has 0 aromatic carbocycles. The van der Waals surface area contributed by atoms with Gasteiger partial charge in [0.05, 0.1) is 0 Å². The third kappa shape index (κ3) is 3.28. The summed E-state index contributed by atoms with van der Waals surface area (Å²) in [5.41, 5.74) is 0. The topological polar surface area (TPSA) is 126 Å². The molecule has 2 aliphatic rings. The molecule has 0 bridgehead atoms. The van der Waals surface area contributed by atoms with Crippen LogP contribution in [-0.2, 0) is 21.4 Å². The molecule has 1 aliphatic heterocycles. The number of hydrogen-bond acceptors (Lipinski definition) is 6. The molecule has 0 radical (unpaired) electrons. The van der Waals surface area contributed by atoms with E-state index in [-0.39, 0.29) is 19.5 Å². The average molecular weight is 330 g/mol. The Kier molecular flexibility index (Phi) is 4.15. The van der Waals surface area contributed by atoms with Crippen molar-refractivity contribution in [2.45, 2.75) is 44.1 Å². The Morgan fingerprint density at radius 2 is 2.18 bits per heavy atom. The molecule has 1 aliphatic carbocycles. The van der Waals surface area contributed by atoms with E-state index in [0.29, 0.717) is 30.5 Å². The van der Waals surface area contributed by atoms with Gasteiger partial charge in [-0.1, -0.05) is 5.16 Å². The largest absolute Gasteiger partial charge is 0.480 e. The number of carbonyl (C=O) groups is 1. The third-order valence-electron chi connectivity index (χ3n) is 3.85. The van der Waals surface area contributed by atoms with Crippen molar-refractivity contribution in [2.75, 3.05) is 13.1 Å².